The number of benzene rings is 1. The van der Waals surface area contributed by atoms with Crippen LogP contribution in [0.1, 0.15) is 11.5 Å². The summed E-state index contributed by atoms with van der Waals surface area (Å²) in [4.78, 5) is 4.33. The maximum absolute atomic E-state index is 5.97. The largest absolute Gasteiger partial charge is 0.482 e. The molecule has 1 aliphatic rings. The van der Waals surface area contributed by atoms with E-state index in [0.29, 0.717) is 16.7 Å². The topological polar surface area (TPSA) is 78.0 Å². The fourth-order valence-electron chi connectivity index (χ4n) is 2.47. The summed E-state index contributed by atoms with van der Waals surface area (Å²) in [5.41, 5.74) is 1.82. The van der Waals surface area contributed by atoms with Crippen LogP contribution >= 0.6 is 11.6 Å². The average molecular weight is 332 g/mol. The van der Waals surface area contributed by atoms with E-state index in [9.17, 15) is 0 Å². The van der Waals surface area contributed by atoms with Crippen molar-refractivity contribution in [1.29, 1.82) is 0 Å². The number of hydrogen-bond acceptors (Lipinski definition) is 6. The minimum absolute atomic E-state index is 0.225. The minimum atomic E-state index is 0.225. The molecule has 1 aliphatic heterocycles. The summed E-state index contributed by atoms with van der Waals surface area (Å²) < 4.78 is 13.0. The summed E-state index contributed by atoms with van der Waals surface area (Å²) in [7, 11) is 0. The summed E-state index contributed by atoms with van der Waals surface area (Å²) in [6, 6.07) is 7.27. The maximum atomic E-state index is 5.97. The molecule has 0 fully saturated rings. The van der Waals surface area contributed by atoms with E-state index in [0.717, 1.165) is 36.6 Å². The molecule has 4 rings (SSSR count). The molecule has 1 aromatic carbocycles. The highest BCUT2D eigenvalue weighted by atomic mass is 35.5. The zero-order valence-corrected chi connectivity index (χ0v) is 13.0. The van der Waals surface area contributed by atoms with E-state index < -0.39 is 0 Å². The molecule has 3 heterocycles. The lowest BCUT2D eigenvalue weighted by atomic mass is 10.2. The zero-order valence-electron chi connectivity index (χ0n) is 12.2. The summed E-state index contributed by atoms with van der Waals surface area (Å²) >= 11 is 5.97. The van der Waals surface area contributed by atoms with Gasteiger partial charge in [-0.1, -0.05) is 22.8 Å². The van der Waals surface area contributed by atoms with Crippen molar-refractivity contribution in [2.75, 3.05) is 6.54 Å². The van der Waals surface area contributed by atoms with Crippen molar-refractivity contribution >= 4 is 11.6 Å². The third-order valence-electron chi connectivity index (χ3n) is 3.60. The van der Waals surface area contributed by atoms with Gasteiger partial charge in [0.15, 0.2) is 12.4 Å². The summed E-state index contributed by atoms with van der Waals surface area (Å²) in [5, 5.41) is 12.2. The van der Waals surface area contributed by atoms with Crippen LogP contribution in [0.3, 0.4) is 0 Å². The van der Waals surface area contributed by atoms with Gasteiger partial charge in [-0.15, -0.1) is 0 Å². The molecule has 8 heteroatoms. The number of halogens is 1. The predicted molar refractivity (Wildman–Crippen MR) is 83.0 cm³/mol. The van der Waals surface area contributed by atoms with Gasteiger partial charge in [-0.05, 0) is 18.2 Å². The molecule has 0 amide bonds. The Kier molecular flexibility index (Phi) is 3.72. The second-order valence-corrected chi connectivity index (χ2v) is 5.61. The Morgan fingerprint density at radius 3 is 3.26 bits per heavy atom. The van der Waals surface area contributed by atoms with Crippen molar-refractivity contribution in [1.82, 2.24) is 25.2 Å². The van der Waals surface area contributed by atoms with Gasteiger partial charge in [0, 0.05) is 23.7 Å². The van der Waals surface area contributed by atoms with E-state index in [1.54, 1.807) is 18.3 Å². The smallest absolute Gasteiger partial charge is 0.258 e. The van der Waals surface area contributed by atoms with E-state index >= 15 is 0 Å². The Balaban J connectivity index is 1.47. The first-order valence-electron chi connectivity index (χ1n) is 7.26. The van der Waals surface area contributed by atoms with Gasteiger partial charge in [-0.25, -0.2) is 0 Å². The molecule has 2 aromatic heterocycles. The van der Waals surface area contributed by atoms with E-state index in [-0.39, 0.29) is 6.61 Å². The van der Waals surface area contributed by atoms with Gasteiger partial charge in [-0.3, -0.25) is 4.68 Å². The van der Waals surface area contributed by atoms with Crippen LogP contribution in [-0.2, 0) is 19.7 Å². The minimum Gasteiger partial charge on any atom is -0.482 e. The zero-order chi connectivity index (χ0) is 15.6. The van der Waals surface area contributed by atoms with Crippen LogP contribution in [0.5, 0.6) is 5.75 Å². The molecule has 0 bridgehead atoms. The second kappa shape index (κ2) is 6.02. The van der Waals surface area contributed by atoms with Crippen LogP contribution in [0.15, 0.2) is 35.0 Å². The molecular formula is C15H14ClN5O2. The van der Waals surface area contributed by atoms with Crippen molar-refractivity contribution in [2.45, 2.75) is 19.7 Å². The number of hydrogen-bond donors (Lipinski definition) is 1. The van der Waals surface area contributed by atoms with E-state index in [1.807, 2.05) is 16.8 Å². The number of fused-ring (bicyclic) bond motifs is 1. The monoisotopic (exact) mass is 331 g/mol. The van der Waals surface area contributed by atoms with Gasteiger partial charge in [-0.2, -0.15) is 10.1 Å². The van der Waals surface area contributed by atoms with Gasteiger partial charge >= 0.3 is 0 Å². The van der Waals surface area contributed by atoms with Gasteiger partial charge in [0.1, 0.15) is 0 Å². The highest BCUT2D eigenvalue weighted by Gasteiger charge is 2.16. The second-order valence-electron chi connectivity index (χ2n) is 5.17. The number of ether oxygens (including phenoxy) is 1. The third-order valence-corrected chi connectivity index (χ3v) is 3.83. The summed E-state index contributed by atoms with van der Waals surface area (Å²) in [5.74, 6) is 1.64. The molecular weight excluding hydrogens is 318 g/mol. The van der Waals surface area contributed by atoms with Gasteiger partial charge in [0.2, 0.25) is 5.82 Å². The van der Waals surface area contributed by atoms with Crippen molar-refractivity contribution in [3.8, 4) is 17.2 Å². The molecule has 0 aliphatic carbocycles. The fraction of sp³-hybridized carbons (Fsp3) is 0.267. The van der Waals surface area contributed by atoms with Gasteiger partial charge in [0.25, 0.3) is 5.89 Å². The molecule has 0 radical (unpaired) electrons. The summed E-state index contributed by atoms with van der Waals surface area (Å²) in [6.07, 6.45) is 1.72. The van der Waals surface area contributed by atoms with Gasteiger partial charge in [0.05, 0.1) is 18.4 Å². The van der Waals surface area contributed by atoms with Crippen molar-refractivity contribution < 1.29 is 9.26 Å². The molecule has 7 nitrogen and oxygen atoms in total. The Morgan fingerprint density at radius 1 is 1.39 bits per heavy atom. The van der Waals surface area contributed by atoms with Crippen molar-refractivity contribution in [3.63, 3.8) is 0 Å². The quantitative estimate of drug-likeness (QED) is 0.790. The first-order chi connectivity index (χ1) is 11.3. The standard InChI is InChI=1S/C15H14ClN5O2/c16-11-3-1-2-10(6-11)15-19-14(20-23-15)9-22-13-8-18-21-5-4-17-7-12(13)21/h1-3,6,8,17H,4-5,7,9H2. The molecule has 118 valence electrons. The maximum Gasteiger partial charge on any atom is 0.258 e. The first kappa shape index (κ1) is 14.2. The van der Waals surface area contributed by atoms with Crippen LogP contribution in [0, 0.1) is 0 Å². The van der Waals surface area contributed by atoms with Crippen LogP contribution < -0.4 is 10.1 Å². The van der Waals surface area contributed by atoms with Crippen LogP contribution in [0.4, 0.5) is 0 Å². The average Bonchev–Trinajstić information content (AvgIpc) is 3.20. The lowest BCUT2D eigenvalue weighted by Crippen LogP contribution is -2.28. The molecule has 1 N–H and O–H groups in total. The highest BCUT2D eigenvalue weighted by Crippen LogP contribution is 2.23. The Morgan fingerprint density at radius 2 is 2.35 bits per heavy atom. The number of rotatable bonds is 4. The van der Waals surface area contributed by atoms with Crippen molar-refractivity contribution in [3.05, 3.63) is 47.0 Å². The third kappa shape index (κ3) is 2.93. The van der Waals surface area contributed by atoms with Crippen LogP contribution in [0.2, 0.25) is 5.02 Å². The number of aromatic nitrogens is 4. The van der Waals surface area contributed by atoms with Crippen molar-refractivity contribution in [2.24, 2.45) is 0 Å². The van der Waals surface area contributed by atoms with Crippen LogP contribution in [-0.4, -0.2) is 26.5 Å². The Hall–Kier alpha value is -2.38. The Labute approximate surface area is 137 Å². The predicted octanol–water partition coefficient (Wildman–Crippen LogP) is 2.27. The molecule has 0 spiro atoms. The fourth-order valence-corrected chi connectivity index (χ4v) is 2.66. The lowest BCUT2D eigenvalue weighted by molar-refractivity contribution is 0.281. The molecule has 3 aromatic rings. The normalized spacial score (nSPS) is 13.8. The van der Waals surface area contributed by atoms with E-state index in [1.165, 1.54) is 0 Å². The SMILES string of the molecule is Clc1cccc(-c2nc(COc3cnn4c3CNCC4)no2)c1. The molecule has 0 atom stereocenters. The molecule has 0 saturated carbocycles. The van der Waals surface area contributed by atoms with E-state index in [2.05, 4.69) is 20.6 Å². The van der Waals surface area contributed by atoms with E-state index in [4.69, 9.17) is 20.9 Å². The molecule has 0 saturated heterocycles. The number of nitrogens with one attached hydrogen (secondary N) is 1. The Bertz CT molecular complexity index is 829. The van der Waals surface area contributed by atoms with Gasteiger partial charge < -0.3 is 14.6 Å². The lowest BCUT2D eigenvalue weighted by Gasteiger charge is -2.15. The summed E-state index contributed by atoms with van der Waals surface area (Å²) in [6.45, 7) is 2.74. The molecule has 0 unspecified atom stereocenters. The number of nitrogens with zero attached hydrogens (tertiary/aromatic N) is 4. The first-order valence-corrected chi connectivity index (χ1v) is 7.64. The molecule has 23 heavy (non-hydrogen) atoms. The highest BCUT2D eigenvalue weighted by molar-refractivity contribution is 6.30. The van der Waals surface area contributed by atoms with Crippen LogP contribution in [0.25, 0.3) is 11.5 Å².